The molecule has 3 heteroatoms. The van der Waals surface area contributed by atoms with Crippen molar-refractivity contribution in [2.24, 2.45) is 4.99 Å². The monoisotopic (exact) mass is 436 g/mol. The van der Waals surface area contributed by atoms with Crippen molar-refractivity contribution < 1.29 is 0 Å². The van der Waals surface area contributed by atoms with Crippen LogP contribution in [0.1, 0.15) is 22.3 Å². The minimum atomic E-state index is -0.789. The average molecular weight is 437 g/mol. The van der Waals surface area contributed by atoms with Crippen molar-refractivity contribution in [3.8, 4) is 0 Å². The predicted molar refractivity (Wildman–Crippen MR) is 140 cm³/mol. The second-order valence-corrected chi connectivity index (χ2v) is 10.0. The summed E-state index contributed by atoms with van der Waals surface area (Å²) >= 11 is 0. The summed E-state index contributed by atoms with van der Waals surface area (Å²) in [7, 11) is -0.789. The summed E-state index contributed by atoms with van der Waals surface area (Å²) in [6.07, 6.45) is 0.757. The zero-order chi connectivity index (χ0) is 22.3. The summed E-state index contributed by atoms with van der Waals surface area (Å²) in [5.41, 5.74) is 5.96. The second-order valence-electron chi connectivity index (χ2n) is 8.08. The Bertz CT molecular complexity index is 1120. The SMILES string of the molecule is Cc1ccc(C/C(=N\c2c(C)cccc2C)NP(c2ccccc2)c2ccccc2)cc1. The minimum Gasteiger partial charge on any atom is -0.345 e. The number of benzene rings is 4. The molecule has 0 aromatic heterocycles. The first kappa shape index (κ1) is 22.0. The lowest BCUT2D eigenvalue weighted by atomic mass is 10.1. The first-order valence-corrected chi connectivity index (χ1v) is 12.3. The van der Waals surface area contributed by atoms with Crippen molar-refractivity contribution in [2.45, 2.75) is 27.2 Å². The summed E-state index contributed by atoms with van der Waals surface area (Å²) in [6, 6.07) is 36.5. The Morgan fingerprint density at radius 3 is 1.72 bits per heavy atom. The van der Waals surface area contributed by atoms with Crippen LogP contribution in [0.2, 0.25) is 0 Å². The highest BCUT2D eigenvalue weighted by Gasteiger charge is 2.17. The lowest BCUT2D eigenvalue weighted by Crippen LogP contribution is -2.29. The molecule has 0 spiro atoms. The maximum Gasteiger partial charge on any atom is 0.110 e. The van der Waals surface area contributed by atoms with E-state index in [0.29, 0.717) is 0 Å². The molecule has 0 aliphatic carbocycles. The molecule has 32 heavy (non-hydrogen) atoms. The average Bonchev–Trinajstić information content (AvgIpc) is 2.82. The molecule has 1 N–H and O–H groups in total. The highest BCUT2D eigenvalue weighted by atomic mass is 31.1. The van der Waals surface area contributed by atoms with Crippen molar-refractivity contribution >= 4 is 30.2 Å². The summed E-state index contributed by atoms with van der Waals surface area (Å²) < 4.78 is 0. The third-order valence-electron chi connectivity index (χ3n) is 5.45. The zero-order valence-corrected chi connectivity index (χ0v) is 19.8. The third kappa shape index (κ3) is 5.52. The van der Waals surface area contributed by atoms with E-state index in [9.17, 15) is 0 Å². The first-order chi connectivity index (χ1) is 15.6. The highest BCUT2D eigenvalue weighted by Crippen LogP contribution is 2.30. The lowest BCUT2D eigenvalue weighted by molar-refractivity contribution is 1.21. The predicted octanol–water partition coefficient (Wildman–Crippen LogP) is 6.52. The molecule has 0 heterocycles. The minimum absolute atomic E-state index is 0.757. The van der Waals surface area contributed by atoms with Crippen LogP contribution < -0.4 is 15.7 Å². The van der Waals surface area contributed by atoms with Crippen molar-refractivity contribution in [1.29, 1.82) is 0 Å². The standard InChI is InChI=1S/C29H29N2P/c1-22-17-19-25(20-18-22)21-28(30-29-23(2)11-10-12-24(29)3)31-32(26-13-6-4-7-14-26)27-15-8-5-9-16-27/h4-20H,21H2,1-3H3,(H,30,31). The fourth-order valence-corrected chi connectivity index (χ4v) is 5.57. The maximum absolute atomic E-state index is 5.19. The number of hydrogen-bond donors (Lipinski definition) is 1. The van der Waals surface area contributed by atoms with Crippen LogP contribution in [0, 0.1) is 20.8 Å². The van der Waals surface area contributed by atoms with E-state index in [4.69, 9.17) is 4.99 Å². The van der Waals surface area contributed by atoms with E-state index in [0.717, 1.165) is 17.9 Å². The largest absolute Gasteiger partial charge is 0.345 e. The van der Waals surface area contributed by atoms with Crippen molar-refractivity contribution in [3.05, 3.63) is 125 Å². The van der Waals surface area contributed by atoms with Gasteiger partial charge in [0.15, 0.2) is 0 Å². The smallest absolute Gasteiger partial charge is 0.110 e. The van der Waals surface area contributed by atoms with Crippen LogP contribution in [0.25, 0.3) is 0 Å². The van der Waals surface area contributed by atoms with Crippen LogP contribution >= 0.6 is 8.07 Å². The van der Waals surface area contributed by atoms with Crippen LogP contribution in [0.15, 0.2) is 108 Å². The Labute approximate surface area is 192 Å². The third-order valence-corrected chi connectivity index (χ3v) is 7.56. The van der Waals surface area contributed by atoms with Crippen LogP contribution in [-0.4, -0.2) is 5.84 Å². The second kappa shape index (κ2) is 10.4. The van der Waals surface area contributed by atoms with Crippen LogP contribution in [0.5, 0.6) is 0 Å². The van der Waals surface area contributed by atoms with E-state index in [1.165, 1.54) is 32.9 Å². The molecule has 0 unspecified atom stereocenters. The molecule has 0 fully saturated rings. The van der Waals surface area contributed by atoms with E-state index in [1.807, 2.05) is 0 Å². The van der Waals surface area contributed by atoms with E-state index in [1.54, 1.807) is 0 Å². The summed E-state index contributed by atoms with van der Waals surface area (Å²) in [5.74, 6) is 0.991. The van der Waals surface area contributed by atoms with Crippen molar-refractivity contribution in [2.75, 3.05) is 0 Å². The number of para-hydroxylation sites is 1. The molecule has 4 aromatic carbocycles. The lowest BCUT2D eigenvalue weighted by Gasteiger charge is -2.23. The number of rotatable bonds is 6. The van der Waals surface area contributed by atoms with Crippen LogP contribution in [0.3, 0.4) is 0 Å². The molecule has 4 aromatic rings. The summed E-state index contributed by atoms with van der Waals surface area (Å²) in [5, 5.41) is 6.44. The molecule has 0 atom stereocenters. The van der Waals surface area contributed by atoms with Gasteiger partial charge in [0.05, 0.1) is 13.8 Å². The number of nitrogens with zero attached hydrogens (tertiary/aromatic N) is 1. The number of nitrogens with one attached hydrogen (secondary N) is 1. The van der Waals surface area contributed by atoms with Gasteiger partial charge >= 0.3 is 0 Å². The molecule has 0 radical (unpaired) electrons. The van der Waals surface area contributed by atoms with E-state index >= 15 is 0 Å². The number of aliphatic imine (C=N–C) groups is 1. The van der Waals surface area contributed by atoms with E-state index in [2.05, 4.69) is 129 Å². The van der Waals surface area contributed by atoms with E-state index < -0.39 is 8.07 Å². The normalized spacial score (nSPS) is 11.6. The highest BCUT2D eigenvalue weighted by molar-refractivity contribution is 7.71. The maximum atomic E-state index is 5.19. The van der Waals surface area contributed by atoms with Gasteiger partial charge in [-0.05, 0) is 37.5 Å². The molecule has 0 saturated heterocycles. The van der Waals surface area contributed by atoms with Gasteiger partial charge in [0.1, 0.15) is 5.84 Å². The van der Waals surface area contributed by atoms with Gasteiger partial charge in [-0.25, -0.2) is 4.99 Å². The Hall–Kier alpha value is -3.22. The molecule has 0 bridgehead atoms. The number of amidine groups is 1. The van der Waals surface area contributed by atoms with Crippen molar-refractivity contribution in [1.82, 2.24) is 5.09 Å². The van der Waals surface area contributed by atoms with Gasteiger partial charge < -0.3 is 5.09 Å². The summed E-state index contributed by atoms with van der Waals surface area (Å²) in [6.45, 7) is 6.39. The van der Waals surface area contributed by atoms with Gasteiger partial charge in [-0.3, -0.25) is 0 Å². The Balaban J connectivity index is 1.77. The molecule has 4 rings (SSSR count). The number of aryl methyl sites for hydroxylation is 3. The fourth-order valence-electron chi connectivity index (χ4n) is 3.68. The van der Waals surface area contributed by atoms with Gasteiger partial charge in [0, 0.05) is 17.0 Å². The quantitative estimate of drug-likeness (QED) is 0.208. The topological polar surface area (TPSA) is 24.4 Å². The van der Waals surface area contributed by atoms with Gasteiger partial charge in [0.25, 0.3) is 0 Å². The zero-order valence-electron chi connectivity index (χ0n) is 18.9. The Morgan fingerprint density at radius 2 is 1.19 bits per heavy atom. The van der Waals surface area contributed by atoms with Gasteiger partial charge in [-0.15, -0.1) is 0 Å². The Kier molecular flexibility index (Phi) is 7.14. The van der Waals surface area contributed by atoms with E-state index in [-0.39, 0.29) is 0 Å². The number of hydrogen-bond acceptors (Lipinski definition) is 1. The Morgan fingerprint density at radius 1 is 0.656 bits per heavy atom. The van der Waals surface area contributed by atoms with Gasteiger partial charge in [-0.2, -0.15) is 0 Å². The van der Waals surface area contributed by atoms with Crippen molar-refractivity contribution in [3.63, 3.8) is 0 Å². The molecule has 0 amide bonds. The molecule has 0 aliphatic rings. The first-order valence-electron chi connectivity index (χ1n) is 11.0. The molecular formula is C29H29N2P. The summed E-state index contributed by atoms with van der Waals surface area (Å²) in [4.78, 5) is 5.19. The molecule has 2 nitrogen and oxygen atoms in total. The molecular weight excluding hydrogens is 407 g/mol. The van der Waals surface area contributed by atoms with Crippen LogP contribution in [0.4, 0.5) is 5.69 Å². The van der Waals surface area contributed by atoms with Gasteiger partial charge in [-0.1, -0.05) is 109 Å². The fraction of sp³-hybridized carbons (Fsp3) is 0.138. The molecule has 160 valence electrons. The molecule has 0 saturated carbocycles. The molecule has 0 aliphatic heterocycles. The van der Waals surface area contributed by atoms with Crippen LogP contribution in [-0.2, 0) is 6.42 Å². The van der Waals surface area contributed by atoms with Gasteiger partial charge in [0.2, 0.25) is 0 Å².